The molecule has 6 heteroatoms. The summed E-state index contributed by atoms with van der Waals surface area (Å²) in [5, 5.41) is 2.95. The van der Waals surface area contributed by atoms with Crippen LogP contribution in [0, 0.1) is 0 Å². The monoisotopic (exact) mass is 341 g/mol. The van der Waals surface area contributed by atoms with Gasteiger partial charge in [0, 0.05) is 37.3 Å². The van der Waals surface area contributed by atoms with E-state index in [0.717, 1.165) is 18.8 Å². The highest BCUT2D eigenvalue weighted by atomic mass is 16.3. The summed E-state index contributed by atoms with van der Waals surface area (Å²) in [7, 11) is 0. The molecule has 2 aromatic heterocycles. The summed E-state index contributed by atoms with van der Waals surface area (Å²) in [4.78, 5) is 30.4. The van der Waals surface area contributed by atoms with Crippen molar-refractivity contribution in [3.8, 4) is 0 Å². The number of hydrogen-bond acceptors (Lipinski definition) is 5. The first-order chi connectivity index (χ1) is 12.2. The van der Waals surface area contributed by atoms with Crippen molar-refractivity contribution in [2.45, 2.75) is 31.7 Å². The molecule has 3 heterocycles. The molecular formula is C19H23N3O3. The molecule has 25 heavy (non-hydrogen) atoms. The Morgan fingerprint density at radius 2 is 2.04 bits per heavy atom. The number of pyridine rings is 1. The molecule has 1 aliphatic heterocycles. The van der Waals surface area contributed by atoms with Crippen molar-refractivity contribution in [3.63, 3.8) is 0 Å². The number of amides is 1. The normalized spacial score (nSPS) is 15.8. The van der Waals surface area contributed by atoms with Crippen molar-refractivity contribution in [3.05, 3.63) is 54.2 Å². The Balaban J connectivity index is 1.49. The Hall–Kier alpha value is -2.47. The van der Waals surface area contributed by atoms with Gasteiger partial charge in [0.1, 0.15) is 5.76 Å². The van der Waals surface area contributed by atoms with Gasteiger partial charge in [0.2, 0.25) is 5.91 Å². The molecule has 0 bridgehead atoms. The van der Waals surface area contributed by atoms with Crippen LogP contribution in [0.5, 0.6) is 0 Å². The predicted molar refractivity (Wildman–Crippen MR) is 93.1 cm³/mol. The number of nitrogens with zero attached hydrogens (tertiary/aromatic N) is 2. The van der Waals surface area contributed by atoms with Gasteiger partial charge in [0.25, 0.3) is 0 Å². The summed E-state index contributed by atoms with van der Waals surface area (Å²) in [6, 6.07) is 7.30. The molecule has 1 amide bonds. The summed E-state index contributed by atoms with van der Waals surface area (Å²) in [6.07, 6.45) is 7.52. The summed E-state index contributed by atoms with van der Waals surface area (Å²) in [5.41, 5.74) is 0.542. The topological polar surface area (TPSA) is 75.4 Å². The van der Waals surface area contributed by atoms with Crippen LogP contribution in [-0.2, 0) is 4.79 Å². The molecule has 3 rings (SSSR count). The van der Waals surface area contributed by atoms with Crippen molar-refractivity contribution in [1.29, 1.82) is 0 Å². The zero-order valence-corrected chi connectivity index (χ0v) is 14.2. The average molecular weight is 341 g/mol. The van der Waals surface area contributed by atoms with Gasteiger partial charge in [-0.2, -0.15) is 0 Å². The Labute approximate surface area is 147 Å². The van der Waals surface area contributed by atoms with E-state index in [2.05, 4.69) is 15.2 Å². The van der Waals surface area contributed by atoms with Crippen LogP contribution in [0.25, 0.3) is 0 Å². The molecule has 6 nitrogen and oxygen atoms in total. The van der Waals surface area contributed by atoms with Gasteiger partial charge in [-0.25, -0.2) is 0 Å². The molecule has 0 aliphatic carbocycles. The highest BCUT2D eigenvalue weighted by Gasteiger charge is 2.25. The third-order valence-corrected chi connectivity index (χ3v) is 4.51. The Morgan fingerprint density at radius 3 is 2.72 bits per heavy atom. The van der Waals surface area contributed by atoms with Crippen LogP contribution in [0.15, 0.2) is 47.3 Å². The lowest BCUT2D eigenvalue weighted by Gasteiger charge is -2.26. The summed E-state index contributed by atoms with van der Waals surface area (Å²) in [6.45, 7) is 2.52. The number of furan rings is 1. The molecule has 0 spiro atoms. The lowest BCUT2D eigenvalue weighted by atomic mass is 10.1. The van der Waals surface area contributed by atoms with Crippen LogP contribution in [0.1, 0.15) is 47.8 Å². The van der Waals surface area contributed by atoms with Gasteiger partial charge in [-0.05, 0) is 50.2 Å². The Morgan fingerprint density at radius 1 is 1.20 bits per heavy atom. The lowest BCUT2D eigenvalue weighted by molar-refractivity contribution is -0.121. The van der Waals surface area contributed by atoms with Crippen LogP contribution < -0.4 is 5.32 Å². The number of hydrogen-bond donors (Lipinski definition) is 1. The van der Waals surface area contributed by atoms with E-state index in [1.54, 1.807) is 24.6 Å². The molecule has 1 saturated heterocycles. The second-order valence-corrected chi connectivity index (χ2v) is 6.24. The van der Waals surface area contributed by atoms with E-state index in [4.69, 9.17) is 4.42 Å². The maximum Gasteiger partial charge on any atom is 0.220 e. The number of rotatable bonds is 8. The number of aromatic nitrogens is 1. The molecule has 132 valence electrons. The molecule has 1 atom stereocenters. The maximum absolute atomic E-state index is 12.1. The van der Waals surface area contributed by atoms with Gasteiger partial charge in [0.05, 0.1) is 12.3 Å². The number of Topliss-reactive ketones (excluding diaryl/α,β-unsaturated/α-hetero) is 1. The first-order valence-corrected chi connectivity index (χ1v) is 8.71. The van der Waals surface area contributed by atoms with E-state index in [1.807, 2.05) is 12.1 Å². The largest absolute Gasteiger partial charge is 0.468 e. The van der Waals surface area contributed by atoms with Crippen LogP contribution >= 0.6 is 0 Å². The third kappa shape index (κ3) is 4.76. The smallest absolute Gasteiger partial charge is 0.220 e. The van der Waals surface area contributed by atoms with Crippen molar-refractivity contribution >= 4 is 11.7 Å². The van der Waals surface area contributed by atoms with Gasteiger partial charge in [-0.15, -0.1) is 0 Å². The Kier molecular flexibility index (Phi) is 5.95. The highest BCUT2D eigenvalue weighted by Crippen LogP contribution is 2.24. The van der Waals surface area contributed by atoms with Gasteiger partial charge < -0.3 is 9.73 Å². The summed E-state index contributed by atoms with van der Waals surface area (Å²) >= 11 is 0. The summed E-state index contributed by atoms with van der Waals surface area (Å²) in [5.74, 6) is 0.687. The summed E-state index contributed by atoms with van der Waals surface area (Å²) < 4.78 is 5.54. The second-order valence-electron chi connectivity index (χ2n) is 6.24. The quantitative estimate of drug-likeness (QED) is 0.747. The van der Waals surface area contributed by atoms with Crippen LogP contribution in [0.4, 0.5) is 0 Å². The zero-order chi connectivity index (χ0) is 17.5. The molecule has 1 unspecified atom stereocenters. The number of likely N-dealkylation sites (tertiary alicyclic amines) is 1. The predicted octanol–water partition coefficient (Wildman–Crippen LogP) is 2.59. The number of carbonyl (C=O) groups excluding carboxylic acids is 2. The lowest BCUT2D eigenvalue weighted by Crippen LogP contribution is -2.36. The molecule has 2 aromatic rings. The van der Waals surface area contributed by atoms with Crippen molar-refractivity contribution in [2.75, 3.05) is 19.6 Å². The number of carbonyl (C=O) groups is 2. The SMILES string of the molecule is O=C(CCC(=O)c1cccnc1)NCC(c1ccco1)N1CCCC1. The number of ketones is 1. The molecule has 1 aliphatic rings. The van der Waals surface area contributed by atoms with Crippen LogP contribution in [0.3, 0.4) is 0 Å². The van der Waals surface area contributed by atoms with E-state index < -0.39 is 0 Å². The van der Waals surface area contributed by atoms with E-state index in [9.17, 15) is 9.59 Å². The highest BCUT2D eigenvalue weighted by molar-refractivity contribution is 5.97. The van der Waals surface area contributed by atoms with E-state index >= 15 is 0 Å². The fraction of sp³-hybridized carbons (Fsp3) is 0.421. The number of nitrogens with one attached hydrogen (secondary N) is 1. The second kappa shape index (κ2) is 8.58. The fourth-order valence-corrected chi connectivity index (χ4v) is 3.14. The molecule has 0 saturated carbocycles. The van der Waals surface area contributed by atoms with Crippen LogP contribution in [-0.4, -0.2) is 41.2 Å². The van der Waals surface area contributed by atoms with Gasteiger partial charge in [0.15, 0.2) is 5.78 Å². The molecule has 1 N–H and O–H groups in total. The minimum Gasteiger partial charge on any atom is -0.468 e. The minimum absolute atomic E-state index is 0.0514. The Bertz CT molecular complexity index is 679. The standard InChI is InChI=1S/C19H23N3O3/c23-17(15-5-3-9-20-13-15)7-8-19(24)21-14-16(18-6-4-12-25-18)22-10-1-2-11-22/h3-6,9,12-13,16H,1-2,7-8,10-11,14H2,(H,21,24). The van der Waals surface area contributed by atoms with Crippen LogP contribution in [0.2, 0.25) is 0 Å². The van der Waals surface area contributed by atoms with Crippen molar-refractivity contribution in [1.82, 2.24) is 15.2 Å². The average Bonchev–Trinajstić information content (AvgIpc) is 3.35. The minimum atomic E-state index is -0.118. The van der Waals surface area contributed by atoms with E-state index in [0.29, 0.717) is 12.1 Å². The first kappa shape index (κ1) is 17.4. The van der Waals surface area contributed by atoms with E-state index in [1.165, 1.54) is 19.0 Å². The van der Waals surface area contributed by atoms with Gasteiger partial charge >= 0.3 is 0 Å². The molecule has 0 aromatic carbocycles. The van der Waals surface area contributed by atoms with Crippen molar-refractivity contribution < 1.29 is 14.0 Å². The van der Waals surface area contributed by atoms with Crippen molar-refractivity contribution in [2.24, 2.45) is 0 Å². The van der Waals surface area contributed by atoms with Gasteiger partial charge in [-0.1, -0.05) is 0 Å². The first-order valence-electron chi connectivity index (χ1n) is 8.71. The molecular weight excluding hydrogens is 318 g/mol. The maximum atomic E-state index is 12.1. The van der Waals surface area contributed by atoms with Gasteiger partial charge in [-0.3, -0.25) is 19.5 Å². The molecule has 1 fully saturated rings. The fourth-order valence-electron chi connectivity index (χ4n) is 3.14. The molecule has 0 radical (unpaired) electrons. The zero-order valence-electron chi connectivity index (χ0n) is 14.2. The third-order valence-electron chi connectivity index (χ3n) is 4.51. The van der Waals surface area contributed by atoms with E-state index in [-0.39, 0.29) is 30.6 Å².